The molecule has 0 bridgehead atoms. The van der Waals surface area contributed by atoms with Gasteiger partial charge in [0.25, 0.3) is 0 Å². The summed E-state index contributed by atoms with van der Waals surface area (Å²) in [6.07, 6.45) is 4.43. The van der Waals surface area contributed by atoms with E-state index in [9.17, 15) is 0 Å². The van der Waals surface area contributed by atoms with Gasteiger partial charge in [0, 0.05) is 0 Å². The predicted molar refractivity (Wildman–Crippen MR) is 39.7 cm³/mol. The van der Waals surface area contributed by atoms with Crippen molar-refractivity contribution in [1.82, 2.24) is 0 Å². The molecule has 8 heavy (non-hydrogen) atoms. The highest BCUT2D eigenvalue weighted by Gasteiger charge is 2.14. The first-order chi connectivity index (χ1) is 3.79. The molecule has 0 radical (unpaired) electrons. The first-order valence-electron chi connectivity index (χ1n) is 3.79. The van der Waals surface area contributed by atoms with E-state index in [1.807, 2.05) is 0 Å². The van der Waals surface area contributed by atoms with Gasteiger partial charge >= 0.3 is 0 Å². The lowest BCUT2D eigenvalue weighted by atomic mass is 9.57. The van der Waals surface area contributed by atoms with Gasteiger partial charge < -0.3 is 0 Å². The predicted octanol–water partition coefficient (Wildman–Crippen LogP) is 1.94. The summed E-state index contributed by atoms with van der Waals surface area (Å²) in [6.45, 7) is 4.74. The second-order valence-corrected chi connectivity index (χ2v) is 3.38. The molecule has 1 heterocycles. The lowest BCUT2D eigenvalue weighted by Gasteiger charge is -2.21. The lowest BCUT2D eigenvalue weighted by molar-refractivity contribution is 0.444. The third-order valence-corrected chi connectivity index (χ3v) is 2.20. The maximum absolute atomic E-state index is 2.37. The van der Waals surface area contributed by atoms with Crippen LogP contribution in [0.2, 0.25) is 12.6 Å². The molecule has 1 aliphatic heterocycles. The molecule has 1 saturated heterocycles. The molecule has 0 spiro atoms. The molecular formula is C7H15B. The van der Waals surface area contributed by atoms with Crippen LogP contribution in [0.3, 0.4) is 0 Å². The van der Waals surface area contributed by atoms with Crippen molar-refractivity contribution in [2.24, 2.45) is 11.8 Å². The summed E-state index contributed by atoms with van der Waals surface area (Å²) >= 11 is 0. The minimum Gasteiger partial charge on any atom is -0.0749 e. The topological polar surface area (TPSA) is 0 Å². The third-order valence-electron chi connectivity index (χ3n) is 2.20. The van der Waals surface area contributed by atoms with Gasteiger partial charge in [0.2, 0.25) is 0 Å². The van der Waals surface area contributed by atoms with E-state index in [0.717, 1.165) is 11.8 Å². The van der Waals surface area contributed by atoms with Crippen molar-refractivity contribution < 1.29 is 0 Å². The molecule has 0 saturated carbocycles. The van der Waals surface area contributed by atoms with Crippen LogP contribution in [0.15, 0.2) is 0 Å². The maximum Gasteiger partial charge on any atom is 0.121 e. The van der Waals surface area contributed by atoms with Crippen molar-refractivity contribution in [2.45, 2.75) is 32.9 Å². The SMILES string of the molecule is CC1CBCC(C)C1. The van der Waals surface area contributed by atoms with Crippen LogP contribution < -0.4 is 0 Å². The Morgan fingerprint density at radius 3 is 1.88 bits per heavy atom. The van der Waals surface area contributed by atoms with E-state index in [2.05, 4.69) is 13.8 Å². The van der Waals surface area contributed by atoms with Crippen LogP contribution in [-0.2, 0) is 0 Å². The highest BCUT2D eigenvalue weighted by atomic mass is 14.1. The van der Waals surface area contributed by atoms with Gasteiger partial charge in [-0.1, -0.05) is 38.3 Å². The Morgan fingerprint density at radius 2 is 1.62 bits per heavy atom. The zero-order chi connectivity index (χ0) is 5.98. The molecule has 1 aliphatic rings. The molecule has 0 aromatic carbocycles. The van der Waals surface area contributed by atoms with E-state index >= 15 is 0 Å². The van der Waals surface area contributed by atoms with E-state index in [-0.39, 0.29) is 0 Å². The average Bonchev–Trinajstić information content (AvgIpc) is 1.64. The van der Waals surface area contributed by atoms with E-state index < -0.39 is 0 Å². The van der Waals surface area contributed by atoms with Gasteiger partial charge in [-0.25, -0.2) is 0 Å². The summed E-state index contributed by atoms with van der Waals surface area (Å²) in [7, 11) is 1.47. The van der Waals surface area contributed by atoms with Gasteiger partial charge in [0.15, 0.2) is 0 Å². The molecule has 0 aromatic rings. The molecule has 2 unspecified atom stereocenters. The number of rotatable bonds is 0. The van der Waals surface area contributed by atoms with Crippen molar-refractivity contribution >= 4 is 7.28 Å². The highest BCUT2D eigenvalue weighted by Crippen LogP contribution is 2.24. The van der Waals surface area contributed by atoms with Crippen LogP contribution >= 0.6 is 0 Å². The van der Waals surface area contributed by atoms with Crippen LogP contribution in [-0.4, -0.2) is 7.28 Å². The Bertz CT molecular complexity index is 62.8. The van der Waals surface area contributed by atoms with Crippen LogP contribution in [0, 0.1) is 11.8 Å². The van der Waals surface area contributed by atoms with Gasteiger partial charge in [-0.3, -0.25) is 0 Å². The van der Waals surface area contributed by atoms with E-state index in [4.69, 9.17) is 0 Å². The van der Waals surface area contributed by atoms with Gasteiger partial charge in [-0.05, 0) is 6.42 Å². The minimum atomic E-state index is 1.01. The fourth-order valence-corrected chi connectivity index (χ4v) is 1.74. The summed E-state index contributed by atoms with van der Waals surface area (Å²) in [5, 5.41) is 0. The molecule has 0 amide bonds. The standard InChI is InChI=1S/C7H15B/c1-6-3-7(2)5-8-4-6/h6-8H,3-5H2,1-2H3. The Hall–Kier alpha value is 0.0649. The van der Waals surface area contributed by atoms with Crippen molar-refractivity contribution in [3.63, 3.8) is 0 Å². The normalized spacial score (nSPS) is 38.8. The molecule has 0 nitrogen and oxygen atoms in total. The number of hydrogen-bond acceptors (Lipinski definition) is 0. The molecule has 1 rings (SSSR count). The summed E-state index contributed by atoms with van der Waals surface area (Å²) in [5.74, 6) is 2.03. The Kier molecular flexibility index (Phi) is 1.98. The average molecular weight is 110 g/mol. The Balaban J connectivity index is 2.23. The summed E-state index contributed by atoms with van der Waals surface area (Å²) in [4.78, 5) is 0. The lowest BCUT2D eigenvalue weighted by Crippen LogP contribution is -2.14. The monoisotopic (exact) mass is 110 g/mol. The zero-order valence-corrected chi connectivity index (χ0v) is 5.98. The van der Waals surface area contributed by atoms with Crippen molar-refractivity contribution in [1.29, 1.82) is 0 Å². The smallest absolute Gasteiger partial charge is 0.0749 e. The molecule has 46 valence electrons. The third kappa shape index (κ3) is 1.54. The van der Waals surface area contributed by atoms with Gasteiger partial charge in [0.05, 0.1) is 0 Å². The molecule has 0 aliphatic carbocycles. The Morgan fingerprint density at radius 1 is 1.12 bits per heavy atom. The number of hydrogen-bond donors (Lipinski definition) is 0. The van der Waals surface area contributed by atoms with Crippen LogP contribution in [0.4, 0.5) is 0 Å². The van der Waals surface area contributed by atoms with Gasteiger partial charge in [-0.15, -0.1) is 0 Å². The molecule has 2 atom stereocenters. The molecular weight excluding hydrogens is 94.9 g/mol. The van der Waals surface area contributed by atoms with Gasteiger partial charge in [-0.2, -0.15) is 0 Å². The fraction of sp³-hybridized carbons (Fsp3) is 1.00. The van der Waals surface area contributed by atoms with Crippen molar-refractivity contribution in [2.75, 3.05) is 0 Å². The minimum absolute atomic E-state index is 1.01. The van der Waals surface area contributed by atoms with E-state index in [1.165, 1.54) is 26.3 Å². The molecule has 0 aromatic heterocycles. The second-order valence-electron chi connectivity index (χ2n) is 3.38. The zero-order valence-electron chi connectivity index (χ0n) is 5.98. The van der Waals surface area contributed by atoms with Crippen LogP contribution in [0.5, 0.6) is 0 Å². The van der Waals surface area contributed by atoms with Crippen molar-refractivity contribution in [3.05, 3.63) is 0 Å². The Labute approximate surface area is 52.9 Å². The van der Waals surface area contributed by atoms with E-state index in [0.29, 0.717) is 0 Å². The maximum atomic E-state index is 2.37. The summed E-state index contributed by atoms with van der Waals surface area (Å²) in [5.41, 5.74) is 0. The second kappa shape index (κ2) is 2.57. The molecule has 1 heteroatoms. The van der Waals surface area contributed by atoms with Crippen LogP contribution in [0.25, 0.3) is 0 Å². The molecule has 0 N–H and O–H groups in total. The fourth-order valence-electron chi connectivity index (χ4n) is 1.74. The first-order valence-corrected chi connectivity index (χ1v) is 3.79. The largest absolute Gasteiger partial charge is 0.121 e. The quantitative estimate of drug-likeness (QED) is 0.418. The summed E-state index contributed by atoms with van der Waals surface area (Å²) < 4.78 is 0. The van der Waals surface area contributed by atoms with Gasteiger partial charge in [0.1, 0.15) is 7.28 Å². The highest BCUT2D eigenvalue weighted by molar-refractivity contribution is 6.35. The molecule has 1 fully saturated rings. The first kappa shape index (κ1) is 6.19. The summed E-state index contributed by atoms with van der Waals surface area (Å²) in [6, 6.07) is 0. The van der Waals surface area contributed by atoms with Crippen LogP contribution in [0.1, 0.15) is 20.3 Å². The van der Waals surface area contributed by atoms with E-state index in [1.54, 1.807) is 0 Å². The van der Waals surface area contributed by atoms with Crippen molar-refractivity contribution in [3.8, 4) is 0 Å².